The third-order valence-electron chi connectivity index (χ3n) is 7.00. The van der Waals surface area contributed by atoms with E-state index < -0.39 is 5.97 Å². The summed E-state index contributed by atoms with van der Waals surface area (Å²) in [7, 11) is 0. The highest BCUT2D eigenvalue weighted by Crippen LogP contribution is 2.37. The summed E-state index contributed by atoms with van der Waals surface area (Å²) in [6.45, 7) is 16.0. The van der Waals surface area contributed by atoms with Crippen LogP contribution in [0.1, 0.15) is 94.1 Å². The molecule has 36 heavy (non-hydrogen) atoms. The van der Waals surface area contributed by atoms with E-state index in [2.05, 4.69) is 31.4 Å². The van der Waals surface area contributed by atoms with Gasteiger partial charge in [-0.25, -0.2) is 4.79 Å². The van der Waals surface area contributed by atoms with Crippen LogP contribution in [0.5, 0.6) is 0 Å². The number of thiophene rings is 1. The molecule has 2 aliphatic rings. The Morgan fingerprint density at radius 3 is 2.56 bits per heavy atom. The number of anilines is 1. The normalized spacial score (nSPS) is 22.8. The molecule has 196 valence electrons. The zero-order chi connectivity index (χ0) is 26.5. The van der Waals surface area contributed by atoms with Gasteiger partial charge in [-0.2, -0.15) is 0 Å². The van der Waals surface area contributed by atoms with Gasteiger partial charge in [0.2, 0.25) is 5.91 Å². The molecular formula is C30H41NO4S. The number of carboxylic acids is 1. The predicted molar refractivity (Wildman–Crippen MR) is 148 cm³/mol. The van der Waals surface area contributed by atoms with Crippen LogP contribution >= 0.6 is 11.3 Å². The highest BCUT2D eigenvalue weighted by atomic mass is 32.1. The van der Waals surface area contributed by atoms with Gasteiger partial charge >= 0.3 is 5.97 Å². The Kier molecular flexibility index (Phi) is 9.60. The van der Waals surface area contributed by atoms with Crippen molar-refractivity contribution in [2.45, 2.75) is 85.6 Å². The van der Waals surface area contributed by atoms with Crippen LogP contribution < -0.4 is 4.90 Å². The molecule has 2 heterocycles. The van der Waals surface area contributed by atoms with Gasteiger partial charge in [-0.3, -0.25) is 4.79 Å². The van der Waals surface area contributed by atoms with Gasteiger partial charge in [0, 0.05) is 17.9 Å². The topological polar surface area (TPSA) is 66.8 Å². The fraction of sp³-hybridized carbons (Fsp3) is 0.600. The van der Waals surface area contributed by atoms with E-state index in [1.54, 1.807) is 11.0 Å². The van der Waals surface area contributed by atoms with E-state index >= 15 is 0 Å². The zero-order valence-corrected chi connectivity index (χ0v) is 23.3. The molecule has 3 rings (SSSR count). The Bertz CT molecular complexity index is 1050. The van der Waals surface area contributed by atoms with E-state index in [9.17, 15) is 14.7 Å². The van der Waals surface area contributed by atoms with Crippen molar-refractivity contribution >= 4 is 28.9 Å². The van der Waals surface area contributed by atoms with Gasteiger partial charge in [0.1, 0.15) is 4.88 Å². The van der Waals surface area contributed by atoms with Crippen LogP contribution in [0.15, 0.2) is 29.9 Å². The number of amides is 1. The quantitative estimate of drug-likeness (QED) is 0.415. The van der Waals surface area contributed by atoms with Gasteiger partial charge in [0.25, 0.3) is 0 Å². The number of ether oxygens (including phenoxy) is 1. The van der Waals surface area contributed by atoms with Crippen molar-refractivity contribution in [3.05, 3.63) is 39.6 Å². The molecule has 1 atom stereocenters. The lowest BCUT2D eigenvalue weighted by atomic mass is 9.82. The second kappa shape index (κ2) is 12.3. The van der Waals surface area contributed by atoms with Crippen LogP contribution in [0.2, 0.25) is 0 Å². The number of hydrogen-bond donors (Lipinski definition) is 1. The lowest BCUT2D eigenvalue weighted by Crippen LogP contribution is -2.44. The summed E-state index contributed by atoms with van der Waals surface area (Å²) in [4.78, 5) is 28.8. The van der Waals surface area contributed by atoms with E-state index in [1.807, 2.05) is 27.7 Å². The second-order valence-electron chi connectivity index (χ2n) is 11.3. The van der Waals surface area contributed by atoms with Gasteiger partial charge < -0.3 is 14.7 Å². The lowest BCUT2D eigenvalue weighted by molar-refractivity contribution is -0.123. The summed E-state index contributed by atoms with van der Waals surface area (Å²) in [5.41, 5.74) is 2.31. The molecule has 5 nitrogen and oxygen atoms in total. The minimum absolute atomic E-state index is 0.00576. The Morgan fingerprint density at radius 1 is 1.22 bits per heavy atom. The molecule has 2 fully saturated rings. The van der Waals surface area contributed by atoms with E-state index in [4.69, 9.17) is 4.74 Å². The fourth-order valence-corrected chi connectivity index (χ4v) is 5.61. The molecule has 0 bridgehead atoms. The first-order chi connectivity index (χ1) is 17.0. The second-order valence-corrected chi connectivity index (χ2v) is 12.4. The SMILES string of the molecule is C=C(/C=C1/CCCOCC1)[C@H](C)N(c1cc(C#CC(C)(C)C)sc1C(=O)O)C(=O)[C@H]1CC[C@H](C)CC1. The summed E-state index contributed by atoms with van der Waals surface area (Å²) in [6.07, 6.45) is 8.56. The van der Waals surface area contributed by atoms with Crippen molar-refractivity contribution in [1.29, 1.82) is 0 Å². The van der Waals surface area contributed by atoms with Crippen molar-refractivity contribution in [2.24, 2.45) is 17.3 Å². The van der Waals surface area contributed by atoms with Crippen molar-refractivity contribution in [3.8, 4) is 11.8 Å². The molecule has 0 unspecified atom stereocenters. The number of nitrogens with zero attached hydrogens (tertiary/aromatic N) is 1. The van der Waals surface area contributed by atoms with Gasteiger partial charge in [-0.15, -0.1) is 11.3 Å². The first-order valence-corrected chi connectivity index (χ1v) is 14.0. The van der Waals surface area contributed by atoms with E-state index in [0.29, 0.717) is 23.1 Å². The average Bonchev–Trinajstić information content (AvgIpc) is 3.07. The third-order valence-corrected chi connectivity index (χ3v) is 8.02. The Morgan fingerprint density at radius 2 is 1.92 bits per heavy atom. The fourth-order valence-electron chi connectivity index (χ4n) is 4.77. The summed E-state index contributed by atoms with van der Waals surface area (Å²) >= 11 is 1.14. The molecule has 1 saturated carbocycles. The number of carbonyl (C=O) groups is 2. The standard InChI is InChI=1S/C30H41NO4S/c1-20-9-11-24(12-10-20)28(32)31(22(3)21(2)18-23-8-7-16-35-17-14-23)26-19-25(13-15-30(4,5)6)36-27(26)29(33)34/h18-20,22,24H,2,7-12,14,16-17H2,1,3-6H3,(H,33,34)/b23-18-/t20-,22-,24-/m0/s1. The first-order valence-electron chi connectivity index (χ1n) is 13.2. The van der Waals surface area contributed by atoms with Crippen molar-refractivity contribution in [1.82, 2.24) is 0 Å². The molecule has 0 radical (unpaired) electrons. The van der Waals surface area contributed by atoms with Gasteiger partial charge in [0.15, 0.2) is 0 Å². The van der Waals surface area contributed by atoms with Crippen LogP contribution in [0, 0.1) is 29.1 Å². The molecule has 0 aromatic carbocycles. The van der Waals surface area contributed by atoms with Crippen LogP contribution in [0.3, 0.4) is 0 Å². The van der Waals surface area contributed by atoms with Crippen LogP contribution in [0.4, 0.5) is 5.69 Å². The van der Waals surface area contributed by atoms with Crippen LogP contribution in [0.25, 0.3) is 0 Å². The summed E-state index contributed by atoms with van der Waals surface area (Å²) in [6, 6.07) is 1.41. The highest BCUT2D eigenvalue weighted by Gasteiger charge is 2.35. The van der Waals surface area contributed by atoms with Crippen LogP contribution in [-0.4, -0.2) is 36.2 Å². The number of carbonyl (C=O) groups excluding carboxylic acids is 1. The molecule has 6 heteroatoms. The summed E-state index contributed by atoms with van der Waals surface area (Å²) < 4.78 is 5.59. The van der Waals surface area contributed by atoms with Gasteiger partial charge in [-0.1, -0.05) is 37.0 Å². The molecule has 1 N–H and O–H groups in total. The van der Waals surface area contributed by atoms with E-state index in [-0.39, 0.29) is 28.2 Å². The molecule has 1 aromatic heterocycles. The largest absolute Gasteiger partial charge is 0.477 e. The lowest BCUT2D eigenvalue weighted by Gasteiger charge is -2.35. The Balaban J connectivity index is 2.02. The molecule has 0 spiro atoms. The third kappa shape index (κ3) is 7.57. The van der Waals surface area contributed by atoms with Crippen LogP contribution in [-0.2, 0) is 9.53 Å². The number of aromatic carboxylic acids is 1. The molecule has 1 amide bonds. The molecule has 1 saturated heterocycles. The zero-order valence-electron chi connectivity index (χ0n) is 22.5. The molecule has 1 aromatic rings. The summed E-state index contributed by atoms with van der Waals surface area (Å²) in [5.74, 6) is 5.80. The highest BCUT2D eigenvalue weighted by molar-refractivity contribution is 7.15. The molecule has 1 aliphatic carbocycles. The van der Waals surface area contributed by atoms with Crippen molar-refractivity contribution in [3.63, 3.8) is 0 Å². The van der Waals surface area contributed by atoms with E-state index in [1.165, 1.54) is 5.57 Å². The average molecular weight is 512 g/mol. The number of carboxylic acid groups (broad SMARTS) is 1. The van der Waals surface area contributed by atoms with Gasteiger partial charge in [0.05, 0.1) is 23.2 Å². The van der Waals surface area contributed by atoms with Crippen molar-refractivity contribution in [2.75, 3.05) is 18.1 Å². The maximum Gasteiger partial charge on any atom is 0.348 e. The molecule has 1 aliphatic heterocycles. The minimum atomic E-state index is -1.04. The predicted octanol–water partition coefficient (Wildman–Crippen LogP) is 7.07. The minimum Gasteiger partial charge on any atom is -0.477 e. The van der Waals surface area contributed by atoms with E-state index in [0.717, 1.165) is 68.5 Å². The number of rotatable bonds is 6. The smallest absolute Gasteiger partial charge is 0.348 e. The maximum absolute atomic E-state index is 14.0. The number of hydrogen-bond acceptors (Lipinski definition) is 4. The monoisotopic (exact) mass is 511 g/mol. The maximum atomic E-state index is 14.0. The van der Waals surface area contributed by atoms with Crippen molar-refractivity contribution < 1.29 is 19.4 Å². The Hall–Kier alpha value is -2.36. The summed E-state index contributed by atoms with van der Waals surface area (Å²) in [5, 5.41) is 10.1. The molecular weight excluding hydrogens is 470 g/mol. The first kappa shape index (κ1) is 28.2. The Labute approximate surface area is 220 Å². The van der Waals surface area contributed by atoms with Gasteiger partial charge in [-0.05, 0) is 90.2 Å².